The van der Waals surface area contributed by atoms with Crippen LogP contribution in [0.5, 0.6) is 0 Å². The highest BCUT2D eigenvalue weighted by molar-refractivity contribution is 7.91. The van der Waals surface area contributed by atoms with E-state index in [4.69, 9.17) is 12.2 Å². The zero-order valence-electron chi connectivity index (χ0n) is 8.53. The minimum atomic E-state index is -2.78. The van der Waals surface area contributed by atoms with E-state index in [9.17, 15) is 8.42 Å². The van der Waals surface area contributed by atoms with Crippen molar-refractivity contribution in [3.8, 4) is 0 Å². The van der Waals surface area contributed by atoms with Gasteiger partial charge in [-0.25, -0.2) is 8.42 Å². The van der Waals surface area contributed by atoms with Crippen molar-refractivity contribution in [1.29, 1.82) is 0 Å². The maximum atomic E-state index is 11.2. The fraction of sp³-hybridized carbons (Fsp3) is 0.667. The van der Waals surface area contributed by atoms with E-state index in [0.29, 0.717) is 24.0 Å². The Morgan fingerprint density at radius 3 is 2.80 bits per heavy atom. The first-order valence-electron chi connectivity index (χ1n) is 4.86. The SMILES string of the molecule is C=CCNC(=S)NCC1CCS(=O)(=O)C1. The van der Waals surface area contributed by atoms with Crippen molar-refractivity contribution in [3.63, 3.8) is 0 Å². The third-order valence-electron chi connectivity index (χ3n) is 2.28. The highest BCUT2D eigenvalue weighted by atomic mass is 32.2. The van der Waals surface area contributed by atoms with E-state index >= 15 is 0 Å². The normalized spacial score (nSPS) is 23.3. The fourth-order valence-corrected chi connectivity index (χ4v) is 3.53. The Kier molecular flexibility index (Phi) is 4.53. The van der Waals surface area contributed by atoms with E-state index in [2.05, 4.69) is 17.2 Å². The van der Waals surface area contributed by atoms with Gasteiger partial charge in [0.2, 0.25) is 0 Å². The molecular weight excluding hydrogens is 232 g/mol. The molecule has 0 bridgehead atoms. The molecule has 0 aromatic rings. The van der Waals surface area contributed by atoms with Crippen LogP contribution in [0.15, 0.2) is 12.7 Å². The Balaban J connectivity index is 2.21. The predicted molar refractivity (Wildman–Crippen MR) is 65.6 cm³/mol. The van der Waals surface area contributed by atoms with Gasteiger partial charge in [0.25, 0.3) is 0 Å². The molecule has 6 heteroatoms. The van der Waals surface area contributed by atoms with Gasteiger partial charge in [-0.1, -0.05) is 6.08 Å². The third kappa shape index (κ3) is 4.61. The van der Waals surface area contributed by atoms with Crippen LogP contribution in [0.25, 0.3) is 0 Å². The second kappa shape index (κ2) is 5.46. The lowest BCUT2D eigenvalue weighted by atomic mass is 10.1. The van der Waals surface area contributed by atoms with Gasteiger partial charge in [-0.15, -0.1) is 6.58 Å². The quantitative estimate of drug-likeness (QED) is 0.545. The smallest absolute Gasteiger partial charge is 0.166 e. The molecule has 1 heterocycles. The van der Waals surface area contributed by atoms with Gasteiger partial charge < -0.3 is 10.6 Å². The van der Waals surface area contributed by atoms with Gasteiger partial charge in [-0.05, 0) is 24.6 Å². The van der Waals surface area contributed by atoms with Crippen molar-refractivity contribution in [3.05, 3.63) is 12.7 Å². The number of rotatable bonds is 4. The Labute approximate surface area is 96.0 Å². The van der Waals surface area contributed by atoms with Crippen LogP contribution >= 0.6 is 12.2 Å². The van der Waals surface area contributed by atoms with E-state index in [-0.39, 0.29) is 11.7 Å². The topological polar surface area (TPSA) is 58.2 Å². The molecule has 0 amide bonds. The van der Waals surface area contributed by atoms with Crippen LogP contribution in [-0.4, -0.2) is 38.1 Å². The summed E-state index contributed by atoms with van der Waals surface area (Å²) in [7, 11) is -2.78. The molecule has 4 nitrogen and oxygen atoms in total. The molecule has 15 heavy (non-hydrogen) atoms. The van der Waals surface area contributed by atoms with Gasteiger partial charge in [0, 0.05) is 13.1 Å². The van der Waals surface area contributed by atoms with E-state index in [0.717, 1.165) is 6.42 Å². The summed E-state index contributed by atoms with van der Waals surface area (Å²) in [5.41, 5.74) is 0. The van der Waals surface area contributed by atoms with E-state index in [1.165, 1.54) is 0 Å². The van der Waals surface area contributed by atoms with Gasteiger partial charge in [0.05, 0.1) is 11.5 Å². The van der Waals surface area contributed by atoms with Crippen molar-refractivity contribution in [1.82, 2.24) is 10.6 Å². The summed E-state index contributed by atoms with van der Waals surface area (Å²) in [6.45, 7) is 4.81. The van der Waals surface area contributed by atoms with Crippen LogP contribution < -0.4 is 10.6 Å². The third-order valence-corrected chi connectivity index (χ3v) is 4.41. The molecule has 86 valence electrons. The lowest BCUT2D eigenvalue weighted by molar-refractivity contribution is 0.571. The van der Waals surface area contributed by atoms with E-state index in [1.54, 1.807) is 6.08 Å². The molecule has 1 atom stereocenters. The van der Waals surface area contributed by atoms with Gasteiger partial charge >= 0.3 is 0 Å². The molecule has 1 unspecified atom stereocenters. The summed E-state index contributed by atoms with van der Waals surface area (Å²) >= 11 is 4.99. The molecule has 0 spiro atoms. The molecule has 0 aliphatic carbocycles. The highest BCUT2D eigenvalue weighted by Crippen LogP contribution is 2.17. The Morgan fingerprint density at radius 1 is 1.53 bits per heavy atom. The van der Waals surface area contributed by atoms with Crippen LogP contribution in [0.1, 0.15) is 6.42 Å². The Bertz CT molecular complexity index is 338. The molecule has 1 aliphatic rings. The van der Waals surface area contributed by atoms with Crippen LogP contribution in [0.3, 0.4) is 0 Å². The summed E-state index contributed by atoms with van der Waals surface area (Å²) < 4.78 is 22.3. The molecule has 0 radical (unpaired) electrons. The van der Waals surface area contributed by atoms with Gasteiger partial charge in [0.1, 0.15) is 0 Å². The van der Waals surface area contributed by atoms with Gasteiger partial charge in [0.15, 0.2) is 14.9 Å². The number of thiocarbonyl (C=S) groups is 1. The molecular formula is C9H16N2O2S2. The molecule has 1 saturated heterocycles. The standard InChI is InChI=1S/C9H16N2O2S2/c1-2-4-10-9(14)11-6-8-3-5-15(12,13)7-8/h2,8H,1,3-7H2,(H2,10,11,14). The van der Waals surface area contributed by atoms with Crippen LogP contribution in [0.4, 0.5) is 0 Å². The van der Waals surface area contributed by atoms with Gasteiger partial charge in [-0.2, -0.15) is 0 Å². The van der Waals surface area contributed by atoms with Gasteiger partial charge in [-0.3, -0.25) is 0 Å². The van der Waals surface area contributed by atoms with Crippen LogP contribution in [0, 0.1) is 5.92 Å². The Morgan fingerprint density at radius 2 is 2.27 bits per heavy atom. The number of hydrogen-bond donors (Lipinski definition) is 2. The first kappa shape index (κ1) is 12.4. The fourth-order valence-electron chi connectivity index (χ4n) is 1.50. The summed E-state index contributed by atoms with van der Waals surface area (Å²) in [6.07, 6.45) is 2.45. The summed E-state index contributed by atoms with van der Waals surface area (Å²) in [4.78, 5) is 0. The molecule has 1 rings (SSSR count). The lowest BCUT2D eigenvalue weighted by Crippen LogP contribution is -2.38. The average Bonchev–Trinajstić information content (AvgIpc) is 2.52. The van der Waals surface area contributed by atoms with Crippen molar-refractivity contribution < 1.29 is 8.42 Å². The molecule has 2 N–H and O–H groups in total. The summed E-state index contributed by atoms with van der Waals surface area (Å²) in [5.74, 6) is 0.787. The molecule has 0 aromatic heterocycles. The monoisotopic (exact) mass is 248 g/mol. The maximum Gasteiger partial charge on any atom is 0.166 e. The zero-order chi connectivity index (χ0) is 11.3. The highest BCUT2D eigenvalue weighted by Gasteiger charge is 2.27. The molecule has 1 aliphatic heterocycles. The summed E-state index contributed by atoms with van der Waals surface area (Å²) in [6, 6.07) is 0. The maximum absolute atomic E-state index is 11.2. The van der Waals surface area contributed by atoms with E-state index < -0.39 is 9.84 Å². The second-order valence-electron chi connectivity index (χ2n) is 3.65. The largest absolute Gasteiger partial charge is 0.362 e. The molecule has 0 saturated carbocycles. The summed E-state index contributed by atoms with van der Waals surface area (Å²) in [5, 5.41) is 6.49. The first-order chi connectivity index (χ1) is 7.03. The van der Waals surface area contributed by atoms with E-state index in [1.807, 2.05) is 0 Å². The predicted octanol–water partition coefficient (Wildman–Crippen LogP) is 0.0712. The first-order valence-corrected chi connectivity index (χ1v) is 7.09. The average molecular weight is 248 g/mol. The molecule has 1 fully saturated rings. The van der Waals surface area contributed by atoms with Crippen molar-refractivity contribution in [2.75, 3.05) is 24.6 Å². The number of hydrogen-bond acceptors (Lipinski definition) is 3. The van der Waals surface area contributed by atoms with Crippen molar-refractivity contribution in [2.45, 2.75) is 6.42 Å². The zero-order valence-corrected chi connectivity index (χ0v) is 10.2. The van der Waals surface area contributed by atoms with Crippen molar-refractivity contribution >= 4 is 27.2 Å². The minimum Gasteiger partial charge on any atom is -0.362 e. The van der Waals surface area contributed by atoms with Crippen molar-refractivity contribution in [2.24, 2.45) is 5.92 Å². The minimum absolute atomic E-state index is 0.193. The molecule has 0 aromatic carbocycles. The van der Waals surface area contributed by atoms with Crippen LogP contribution in [0.2, 0.25) is 0 Å². The second-order valence-corrected chi connectivity index (χ2v) is 6.29. The lowest BCUT2D eigenvalue weighted by Gasteiger charge is -2.12. The number of nitrogens with one attached hydrogen (secondary N) is 2. The van der Waals surface area contributed by atoms with Crippen LogP contribution in [-0.2, 0) is 9.84 Å². The number of sulfone groups is 1. The Hall–Kier alpha value is -0.620.